The molecule has 1 aromatic heterocycles. The molecule has 1 aliphatic rings. The monoisotopic (exact) mass is 656 g/mol. The van der Waals surface area contributed by atoms with Gasteiger partial charge in [-0.05, 0) is 52.6 Å². The molecule has 49 heavy (non-hydrogen) atoms. The minimum absolute atomic E-state index is 0.00816. The quantitative estimate of drug-likeness (QED) is 0.127. The Bertz CT molecular complexity index is 1750. The number of aliphatic hydroxyl groups excluding tert-OH is 1. The fraction of sp³-hybridized carbons (Fsp3) is 0.268. The Labute approximate surface area is 288 Å². The molecule has 0 radical (unpaired) electrons. The van der Waals surface area contributed by atoms with Crippen molar-refractivity contribution in [1.82, 2.24) is 20.5 Å². The van der Waals surface area contributed by atoms with E-state index in [-0.39, 0.29) is 24.8 Å². The van der Waals surface area contributed by atoms with Crippen LogP contribution in [0.1, 0.15) is 52.3 Å². The maximum Gasteiger partial charge on any atom is 0.315 e. The Morgan fingerprint density at radius 1 is 0.796 bits per heavy atom. The van der Waals surface area contributed by atoms with E-state index in [0.717, 1.165) is 70.6 Å². The number of carbonyl (C=O) groups excluding carboxylic acids is 1. The number of carbonyl (C=O) groups is 1. The third-order valence-corrected chi connectivity index (χ3v) is 8.85. The van der Waals surface area contributed by atoms with Gasteiger partial charge in [0.1, 0.15) is 0 Å². The minimum Gasteiger partial charge on any atom is -0.392 e. The summed E-state index contributed by atoms with van der Waals surface area (Å²) in [5.74, 6) is 0. The molecule has 3 atom stereocenters. The van der Waals surface area contributed by atoms with Gasteiger partial charge >= 0.3 is 6.03 Å². The zero-order chi connectivity index (χ0) is 33.8. The number of nitrogens with zero attached hydrogens (tertiary/aromatic N) is 2. The highest BCUT2D eigenvalue weighted by molar-refractivity contribution is 5.75. The van der Waals surface area contributed by atoms with Gasteiger partial charge in [0.25, 0.3) is 0 Å². The molecule has 0 bridgehead atoms. The fourth-order valence-electron chi connectivity index (χ4n) is 6.12. The number of ether oxygens (including phenoxy) is 2. The van der Waals surface area contributed by atoms with Crippen LogP contribution in [0.15, 0.2) is 128 Å². The molecular formula is C41H44N4O4. The summed E-state index contributed by atoms with van der Waals surface area (Å²) in [4.78, 5) is 19.3. The van der Waals surface area contributed by atoms with E-state index in [9.17, 15) is 9.90 Å². The number of pyridine rings is 1. The summed E-state index contributed by atoms with van der Waals surface area (Å²) >= 11 is 0. The fourth-order valence-corrected chi connectivity index (χ4v) is 6.12. The van der Waals surface area contributed by atoms with Crippen LogP contribution in [0.5, 0.6) is 0 Å². The normalized spacial score (nSPS) is 17.5. The van der Waals surface area contributed by atoms with Crippen LogP contribution >= 0.6 is 0 Å². The Hall–Kier alpha value is -4.86. The molecule has 3 unspecified atom stereocenters. The predicted molar refractivity (Wildman–Crippen MR) is 191 cm³/mol. The molecule has 2 heterocycles. The molecule has 4 aromatic carbocycles. The first kappa shape index (κ1) is 34.0. The van der Waals surface area contributed by atoms with Crippen molar-refractivity contribution in [2.75, 3.05) is 20.1 Å². The lowest BCUT2D eigenvalue weighted by Gasteiger charge is -2.38. The summed E-state index contributed by atoms with van der Waals surface area (Å²) in [6.07, 6.45) is 2.69. The molecule has 5 aromatic rings. The largest absolute Gasteiger partial charge is 0.392 e. The van der Waals surface area contributed by atoms with E-state index in [0.29, 0.717) is 13.1 Å². The third-order valence-electron chi connectivity index (χ3n) is 8.85. The molecule has 0 spiro atoms. The zero-order valence-electron chi connectivity index (χ0n) is 27.9. The molecule has 8 heteroatoms. The van der Waals surface area contributed by atoms with E-state index in [1.54, 1.807) is 0 Å². The SMILES string of the molecule is CN(CCc1ccccn1)CC1CC(c2ccc(CO)cc2)OC(c2ccc(-c3ccccc3CNC(=O)NCc3ccccc3)cc2)O1. The first-order chi connectivity index (χ1) is 24.0. The number of nitrogens with one attached hydrogen (secondary N) is 2. The second-order valence-electron chi connectivity index (χ2n) is 12.5. The summed E-state index contributed by atoms with van der Waals surface area (Å²) in [6.45, 7) is 2.51. The lowest BCUT2D eigenvalue weighted by molar-refractivity contribution is -0.252. The molecular weight excluding hydrogens is 612 g/mol. The van der Waals surface area contributed by atoms with Crippen molar-refractivity contribution >= 4 is 6.03 Å². The number of benzene rings is 4. The van der Waals surface area contributed by atoms with Gasteiger partial charge in [-0.25, -0.2) is 4.79 Å². The predicted octanol–water partition coefficient (Wildman–Crippen LogP) is 6.96. The molecule has 3 N–H and O–H groups in total. The van der Waals surface area contributed by atoms with E-state index in [2.05, 4.69) is 64.0 Å². The van der Waals surface area contributed by atoms with Crippen molar-refractivity contribution < 1.29 is 19.4 Å². The van der Waals surface area contributed by atoms with E-state index in [1.807, 2.05) is 91.1 Å². The van der Waals surface area contributed by atoms with Crippen molar-refractivity contribution in [3.8, 4) is 11.1 Å². The number of rotatable bonds is 13. The topological polar surface area (TPSA) is 96.0 Å². The van der Waals surface area contributed by atoms with Gasteiger partial charge in [-0.1, -0.05) is 109 Å². The average molecular weight is 657 g/mol. The smallest absolute Gasteiger partial charge is 0.315 e. The number of urea groups is 1. The van der Waals surface area contributed by atoms with Crippen LogP contribution in [0.25, 0.3) is 11.1 Å². The van der Waals surface area contributed by atoms with Crippen LogP contribution < -0.4 is 10.6 Å². The highest BCUT2D eigenvalue weighted by Gasteiger charge is 2.32. The number of likely N-dealkylation sites (N-methyl/N-ethyl adjacent to an activating group) is 1. The summed E-state index contributed by atoms with van der Waals surface area (Å²) < 4.78 is 13.2. The Morgan fingerprint density at radius 2 is 1.51 bits per heavy atom. The summed E-state index contributed by atoms with van der Waals surface area (Å²) in [5.41, 5.74) is 8.13. The minimum atomic E-state index is -0.537. The van der Waals surface area contributed by atoms with Crippen LogP contribution in [0.2, 0.25) is 0 Å². The molecule has 1 fully saturated rings. The first-order valence-corrected chi connectivity index (χ1v) is 16.9. The van der Waals surface area contributed by atoms with E-state index < -0.39 is 6.29 Å². The number of aromatic nitrogens is 1. The van der Waals surface area contributed by atoms with Crippen molar-refractivity contribution in [3.63, 3.8) is 0 Å². The van der Waals surface area contributed by atoms with Gasteiger partial charge in [0.05, 0.1) is 18.8 Å². The molecule has 0 aliphatic carbocycles. The lowest BCUT2D eigenvalue weighted by atomic mass is 9.97. The van der Waals surface area contributed by atoms with E-state index >= 15 is 0 Å². The highest BCUT2D eigenvalue weighted by Crippen LogP contribution is 2.38. The van der Waals surface area contributed by atoms with Crippen LogP contribution in [-0.2, 0) is 35.6 Å². The van der Waals surface area contributed by atoms with Crippen LogP contribution in [0.4, 0.5) is 4.79 Å². The van der Waals surface area contributed by atoms with Crippen molar-refractivity contribution in [2.24, 2.45) is 0 Å². The summed E-state index contributed by atoms with van der Waals surface area (Å²) in [7, 11) is 2.12. The number of hydrogen-bond acceptors (Lipinski definition) is 6. The van der Waals surface area contributed by atoms with Gasteiger partial charge in [-0.15, -0.1) is 0 Å². The van der Waals surface area contributed by atoms with E-state index in [4.69, 9.17) is 9.47 Å². The molecule has 1 saturated heterocycles. The van der Waals surface area contributed by atoms with Crippen molar-refractivity contribution in [2.45, 2.75) is 51.0 Å². The summed E-state index contributed by atoms with van der Waals surface area (Å²) in [6, 6.07) is 40.1. The van der Waals surface area contributed by atoms with Crippen molar-refractivity contribution in [1.29, 1.82) is 0 Å². The van der Waals surface area contributed by atoms with E-state index in [1.165, 1.54) is 0 Å². The van der Waals surface area contributed by atoms with Gasteiger partial charge < -0.3 is 30.1 Å². The molecule has 1 aliphatic heterocycles. The standard InChI is InChI=1S/C41H44N4O4/c1-45(24-22-36-12-7-8-23-42-36)28-37-25-39(33-16-14-31(29-46)15-17-33)49-40(48-37)34-20-18-32(19-21-34)38-13-6-5-11-35(38)27-44-41(47)43-26-30-9-3-2-4-10-30/h2-21,23,37,39-40,46H,22,24-29H2,1H3,(H2,43,44,47). The van der Waals surface area contributed by atoms with Gasteiger partial charge in [0, 0.05) is 56.5 Å². The molecule has 6 rings (SSSR count). The average Bonchev–Trinajstić information content (AvgIpc) is 3.16. The first-order valence-electron chi connectivity index (χ1n) is 16.9. The zero-order valence-corrected chi connectivity index (χ0v) is 27.9. The van der Waals surface area contributed by atoms with Gasteiger partial charge in [-0.3, -0.25) is 4.98 Å². The van der Waals surface area contributed by atoms with Gasteiger partial charge in [0.15, 0.2) is 6.29 Å². The Balaban J connectivity index is 1.13. The molecule has 8 nitrogen and oxygen atoms in total. The number of amides is 2. The molecule has 0 saturated carbocycles. The van der Waals surface area contributed by atoms with Crippen molar-refractivity contribution in [3.05, 3.63) is 161 Å². The van der Waals surface area contributed by atoms with Crippen LogP contribution in [-0.4, -0.2) is 47.3 Å². The number of hydrogen-bond donors (Lipinski definition) is 3. The van der Waals surface area contributed by atoms with Gasteiger partial charge in [-0.2, -0.15) is 0 Å². The van der Waals surface area contributed by atoms with Crippen LogP contribution in [0.3, 0.4) is 0 Å². The van der Waals surface area contributed by atoms with Crippen LogP contribution in [0, 0.1) is 0 Å². The summed E-state index contributed by atoms with van der Waals surface area (Å²) in [5, 5.41) is 15.5. The van der Waals surface area contributed by atoms with Gasteiger partial charge in [0.2, 0.25) is 0 Å². The third kappa shape index (κ3) is 9.62. The molecule has 252 valence electrons. The maximum absolute atomic E-state index is 12.5. The second kappa shape index (κ2) is 17.0. The maximum atomic E-state index is 12.5. The Morgan fingerprint density at radius 3 is 2.27 bits per heavy atom. The second-order valence-corrected chi connectivity index (χ2v) is 12.5. The molecule has 2 amide bonds. The Kier molecular flexibility index (Phi) is 11.8. The number of aliphatic hydroxyl groups is 1. The highest BCUT2D eigenvalue weighted by atomic mass is 16.7. The lowest BCUT2D eigenvalue weighted by Crippen LogP contribution is -2.38.